The highest BCUT2D eigenvalue weighted by atomic mass is 35.5. The number of amides is 2. The van der Waals surface area contributed by atoms with Crippen LogP contribution in [-0.4, -0.2) is 68.6 Å². The highest BCUT2D eigenvalue weighted by molar-refractivity contribution is 6.42. The summed E-state index contributed by atoms with van der Waals surface area (Å²) in [5, 5.41) is 27.4. The Morgan fingerprint density at radius 3 is 1.40 bits per heavy atom. The number of benzene rings is 2. The minimum absolute atomic E-state index is 0.273. The first-order chi connectivity index (χ1) is 24.9. The van der Waals surface area contributed by atoms with Gasteiger partial charge >= 0.3 is 0 Å². The van der Waals surface area contributed by atoms with E-state index in [0.29, 0.717) is 55.4 Å². The predicted molar refractivity (Wildman–Crippen MR) is 190 cm³/mol. The van der Waals surface area contributed by atoms with E-state index in [0.717, 1.165) is 0 Å². The first-order valence-electron chi connectivity index (χ1n) is 16.3. The van der Waals surface area contributed by atoms with Crippen molar-refractivity contribution in [2.45, 2.75) is 61.3 Å². The van der Waals surface area contributed by atoms with Gasteiger partial charge in [-0.05, 0) is 71.8 Å². The van der Waals surface area contributed by atoms with Crippen molar-refractivity contribution in [2.75, 3.05) is 10.6 Å². The normalized spacial score (nSPS) is 29.8. The van der Waals surface area contributed by atoms with E-state index in [4.69, 9.17) is 55.9 Å². The SMILES string of the molecule is O=C(Nc1ccc(Cl)c(Cl)c1)[C@@H]1[C@H](c2ccnc(F)c2)[C@@H]2O[C@H]1C[C@H]2O.O=C(Nc1ccc(Cl)c(Cl)c1)[C@H]1[C@@H](c2ccnc(F)c2)[C@H]2O[C@@H]1C[C@@H]2O. The number of ether oxygens (including phenoxy) is 2. The van der Waals surface area contributed by atoms with Crippen LogP contribution in [0.3, 0.4) is 0 Å². The summed E-state index contributed by atoms with van der Waals surface area (Å²) < 4.78 is 38.8. The maximum absolute atomic E-state index is 13.6. The van der Waals surface area contributed by atoms with Gasteiger partial charge in [-0.1, -0.05) is 46.4 Å². The number of nitrogens with one attached hydrogen (secondary N) is 2. The second-order valence-corrected chi connectivity index (χ2v) is 14.7. The molecular formula is C36H30Cl4F2N4O6. The maximum atomic E-state index is 13.6. The maximum Gasteiger partial charge on any atom is 0.230 e. The van der Waals surface area contributed by atoms with E-state index in [1.165, 1.54) is 24.5 Å². The van der Waals surface area contributed by atoms with E-state index in [9.17, 15) is 28.6 Å². The lowest BCUT2D eigenvalue weighted by atomic mass is 9.74. The summed E-state index contributed by atoms with van der Waals surface area (Å²) in [6.45, 7) is 0. The van der Waals surface area contributed by atoms with Crippen LogP contribution in [0.4, 0.5) is 20.2 Å². The summed E-state index contributed by atoms with van der Waals surface area (Å²) in [4.78, 5) is 32.9. The Morgan fingerprint density at radius 2 is 1.04 bits per heavy atom. The summed E-state index contributed by atoms with van der Waals surface area (Å²) >= 11 is 23.8. The van der Waals surface area contributed by atoms with Gasteiger partial charge in [-0.3, -0.25) is 9.59 Å². The van der Waals surface area contributed by atoms with Crippen LogP contribution in [0, 0.1) is 23.7 Å². The second-order valence-electron chi connectivity index (χ2n) is 13.0. The lowest BCUT2D eigenvalue weighted by Gasteiger charge is -2.30. The van der Waals surface area contributed by atoms with Crippen molar-refractivity contribution in [1.82, 2.24) is 9.97 Å². The lowest BCUT2D eigenvalue weighted by Crippen LogP contribution is -2.41. The Morgan fingerprint density at radius 1 is 0.635 bits per heavy atom. The molecule has 10 atom stereocenters. The molecule has 0 unspecified atom stereocenters. The number of halogens is 6. The third-order valence-corrected chi connectivity index (χ3v) is 11.4. The van der Waals surface area contributed by atoms with Gasteiger partial charge in [-0.15, -0.1) is 0 Å². The van der Waals surface area contributed by atoms with Crippen LogP contribution < -0.4 is 10.6 Å². The number of anilines is 2. The first kappa shape index (κ1) is 36.9. The monoisotopic (exact) mass is 792 g/mol. The van der Waals surface area contributed by atoms with E-state index in [1.807, 2.05) is 0 Å². The number of aliphatic hydroxyl groups excluding tert-OH is 2. The zero-order valence-electron chi connectivity index (χ0n) is 26.8. The van der Waals surface area contributed by atoms with Crippen molar-refractivity contribution >= 4 is 69.6 Å². The van der Waals surface area contributed by atoms with Crippen molar-refractivity contribution in [1.29, 1.82) is 0 Å². The fourth-order valence-corrected chi connectivity index (χ4v) is 8.32. The summed E-state index contributed by atoms with van der Waals surface area (Å²) in [5.74, 6) is -3.84. The molecule has 4 aromatic rings. The van der Waals surface area contributed by atoms with E-state index in [1.54, 1.807) is 48.5 Å². The Kier molecular flexibility index (Phi) is 10.7. The van der Waals surface area contributed by atoms with Gasteiger partial charge in [0.05, 0.1) is 68.6 Å². The average Bonchev–Trinajstić information content (AvgIpc) is 3.87. The van der Waals surface area contributed by atoms with Gasteiger partial charge in [-0.25, -0.2) is 9.97 Å². The largest absolute Gasteiger partial charge is 0.390 e. The highest BCUT2D eigenvalue weighted by Gasteiger charge is 2.58. The van der Waals surface area contributed by atoms with Gasteiger partial charge in [0.1, 0.15) is 0 Å². The van der Waals surface area contributed by atoms with Crippen LogP contribution in [-0.2, 0) is 19.1 Å². The lowest BCUT2D eigenvalue weighted by molar-refractivity contribution is -0.122. The van der Waals surface area contributed by atoms with E-state index in [2.05, 4.69) is 20.6 Å². The van der Waals surface area contributed by atoms with Crippen molar-refractivity contribution in [3.8, 4) is 0 Å². The van der Waals surface area contributed by atoms with Gasteiger partial charge < -0.3 is 30.3 Å². The number of hydrogen-bond acceptors (Lipinski definition) is 8. The molecule has 0 radical (unpaired) electrons. The molecule has 2 aromatic heterocycles. The fraction of sp³-hybridized carbons (Fsp3) is 0.333. The van der Waals surface area contributed by atoms with Crippen molar-refractivity contribution in [2.24, 2.45) is 11.8 Å². The smallest absolute Gasteiger partial charge is 0.230 e. The van der Waals surface area contributed by atoms with Crippen LogP contribution >= 0.6 is 46.4 Å². The van der Waals surface area contributed by atoms with Crippen LogP contribution in [0.5, 0.6) is 0 Å². The Balaban J connectivity index is 0.000000162. The number of pyridine rings is 2. The molecule has 4 aliphatic heterocycles. The van der Waals surface area contributed by atoms with Crippen LogP contribution in [0.2, 0.25) is 20.1 Å². The number of aliphatic hydroxyl groups is 2. The summed E-state index contributed by atoms with van der Waals surface area (Å²) in [7, 11) is 0. The molecule has 6 heterocycles. The summed E-state index contributed by atoms with van der Waals surface area (Å²) in [6, 6.07) is 15.5. The number of carbonyl (C=O) groups is 2. The molecule has 8 rings (SSSR count). The van der Waals surface area contributed by atoms with Crippen LogP contribution in [0.1, 0.15) is 35.8 Å². The molecule has 4 aliphatic rings. The zero-order valence-corrected chi connectivity index (χ0v) is 29.8. The van der Waals surface area contributed by atoms with E-state index < -0.39 is 72.2 Å². The molecule has 4 saturated heterocycles. The Bertz CT molecular complexity index is 1870. The topological polar surface area (TPSA) is 143 Å². The molecule has 0 saturated carbocycles. The average molecular weight is 794 g/mol. The Labute approximate surface area is 316 Å². The summed E-state index contributed by atoms with van der Waals surface area (Å²) in [5.41, 5.74) is 2.18. The summed E-state index contributed by atoms with van der Waals surface area (Å²) in [6.07, 6.45) is 0.0947. The standard InChI is InChI=1S/2C18H15Cl2FN2O3/c2*19-10-2-1-9(6-11(10)20)23-18(25)16-13-7-12(24)17(26-13)15(16)8-3-4-22-14(21)5-8/h2*1-6,12-13,15-17,24H,7H2,(H,23,25)/t2*12-,13+,15+,16+,17-/m10/s1. The van der Waals surface area contributed by atoms with Gasteiger partial charge in [0.25, 0.3) is 0 Å². The van der Waals surface area contributed by atoms with E-state index in [-0.39, 0.29) is 11.8 Å². The van der Waals surface area contributed by atoms with E-state index >= 15 is 0 Å². The predicted octanol–water partition coefficient (Wildman–Crippen LogP) is 6.80. The highest BCUT2D eigenvalue weighted by Crippen LogP contribution is 2.50. The van der Waals surface area contributed by atoms with Crippen molar-refractivity contribution in [3.63, 3.8) is 0 Å². The minimum Gasteiger partial charge on any atom is -0.390 e. The first-order valence-corrected chi connectivity index (χ1v) is 17.8. The fourth-order valence-electron chi connectivity index (χ4n) is 7.73. The number of fused-ring (bicyclic) bond motifs is 4. The molecule has 4 N–H and O–H groups in total. The minimum atomic E-state index is -0.685. The number of rotatable bonds is 6. The van der Waals surface area contributed by atoms with Gasteiger partial charge in [-0.2, -0.15) is 8.78 Å². The van der Waals surface area contributed by atoms with Crippen molar-refractivity contribution in [3.05, 3.63) is 116 Å². The molecule has 2 amide bonds. The molecule has 4 fully saturated rings. The van der Waals surface area contributed by atoms with Crippen LogP contribution in [0.15, 0.2) is 73.1 Å². The molecule has 0 spiro atoms. The number of carbonyl (C=O) groups excluding carboxylic acids is 2. The molecule has 0 aliphatic carbocycles. The Hall–Kier alpha value is -3.46. The molecule has 10 nitrogen and oxygen atoms in total. The number of hydrogen-bond donors (Lipinski definition) is 4. The number of aromatic nitrogens is 2. The number of nitrogens with zero attached hydrogens (tertiary/aromatic N) is 2. The molecule has 52 heavy (non-hydrogen) atoms. The van der Waals surface area contributed by atoms with Gasteiger partial charge in [0.2, 0.25) is 23.7 Å². The molecule has 2 aromatic carbocycles. The second kappa shape index (κ2) is 15.1. The zero-order chi connectivity index (χ0) is 36.8. The van der Waals surface area contributed by atoms with Crippen molar-refractivity contribution < 1.29 is 38.1 Å². The third-order valence-electron chi connectivity index (χ3n) is 9.90. The molecule has 4 bridgehead atoms. The van der Waals surface area contributed by atoms with Gasteiger partial charge in [0, 0.05) is 48.4 Å². The quantitative estimate of drug-likeness (QED) is 0.156. The molecular weight excluding hydrogens is 764 g/mol. The third kappa shape index (κ3) is 7.36. The van der Waals surface area contributed by atoms with Crippen LogP contribution in [0.25, 0.3) is 0 Å². The molecule has 272 valence electrons. The van der Waals surface area contributed by atoms with Gasteiger partial charge in [0.15, 0.2) is 0 Å². The molecule has 16 heteroatoms.